The zero-order chi connectivity index (χ0) is 16.3. The molecular weight excluding hydrogens is 274 g/mol. The van der Waals surface area contributed by atoms with Gasteiger partial charge in [-0.3, -0.25) is 4.79 Å². The van der Waals surface area contributed by atoms with Crippen molar-refractivity contribution >= 4 is 0 Å². The SMILES string of the molecule is CC(C)NCc1cc(-c2ccc(C(C)C)cc2)nn(C)c1=O. The van der Waals surface area contributed by atoms with Crippen LogP contribution in [-0.2, 0) is 13.6 Å². The van der Waals surface area contributed by atoms with Crippen molar-refractivity contribution in [3.63, 3.8) is 0 Å². The van der Waals surface area contributed by atoms with E-state index in [-0.39, 0.29) is 5.56 Å². The van der Waals surface area contributed by atoms with Gasteiger partial charge in [0.2, 0.25) is 0 Å². The number of nitrogens with one attached hydrogen (secondary N) is 1. The van der Waals surface area contributed by atoms with E-state index in [0.717, 1.165) is 16.8 Å². The summed E-state index contributed by atoms with van der Waals surface area (Å²) in [5.74, 6) is 0.507. The second-order valence-electron chi connectivity index (χ2n) is 6.30. The molecular formula is C18H25N3O. The molecule has 1 aromatic heterocycles. The molecule has 0 bridgehead atoms. The Morgan fingerprint density at radius 2 is 1.77 bits per heavy atom. The third-order valence-electron chi connectivity index (χ3n) is 3.71. The molecule has 0 unspecified atom stereocenters. The summed E-state index contributed by atoms with van der Waals surface area (Å²) in [6.07, 6.45) is 0. The van der Waals surface area contributed by atoms with Gasteiger partial charge in [0, 0.05) is 30.8 Å². The van der Waals surface area contributed by atoms with Crippen molar-refractivity contribution in [2.24, 2.45) is 7.05 Å². The normalized spacial score (nSPS) is 11.4. The van der Waals surface area contributed by atoms with Crippen LogP contribution in [-0.4, -0.2) is 15.8 Å². The Morgan fingerprint density at radius 1 is 1.14 bits per heavy atom. The molecule has 0 atom stereocenters. The smallest absolute Gasteiger partial charge is 0.271 e. The Bertz CT molecular complexity index is 684. The van der Waals surface area contributed by atoms with Gasteiger partial charge >= 0.3 is 0 Å². The molecule has 22 heavy (non-hydrogen) atoms. The molecule has 0 aliphatic rings. The lowest BCUT2D eigenvalue weighted by Crippen LogP contribution is -2.30. The molecule has 4 nitrogen and oxygen atoms in total. The molecule has 0 saturated heterocycles. The summed E-state index contributed by atoms with van der Waals surface area (Å²) in [6.45, 7) is 9.04. The molecule has 0 spiro atoms. The zero-order valence-electron chi connectivity index (χ0n) is 14.1. The number of hydrogen-bond donors (Lipinski definition) is 1. The second-order valence-corrected chi connectivity index (χ2v) is 6.30. The van der Waals surface area contributed by atoms with Gasteiger partial charge in [0.15, 0.2) is 0 Å². The van der Waals surface area contributed by atoms with Crippen LogP contribution in [0, 0.1) is 0 Å². The molecule has 2 aromatic rings. The topological polar surface area (TPSA) is 46.9 Å². The van der Waals surface area contributed by atoms with Crippen LogP contribution in [0.15, 0.2) is 35.1 Å². The highest BCUT2D eigenvalue weighted by molar-refractivity contribution is 5.59. The van der Waals surface area contributed by atoms with Gasteiger partial charge in [0.25, 0.3) is 5.56 Å². The van der Waals surface area contributed by atoms with Gasteiger partial charge in [-0.1, -0.05) is 52.0 Å². The first-order valence-electron chi connectivity index (χ1n) is 7.79. The van der Waals surface area contributed by atoms with Gasteiger partial charge in [0.05, 0.1) is 5.69 Å². The Hall–Kier alpha value is -1.94. The average Bonchev–Trinajstić information content (AvgIpc) is 2.48. The summed E-state index contributed by atoms with van der Waals surface area (Å²) < 4.78 is 1.42. The number of rotatable bonds is 5. The quantitative estimate of drug-likeness (QED) is 0.923. The van der Waals surface area contributed by atoms with Gasteiger partial charge in [-0.15, -0.1) is 0 Å². The predicted octanol–water partition coefficient (Wildman–Crippen LogP) is 3.07. The van der Waals surface area contributed by atoms with E-state index in [0.29, 0.717) is 18.5 Å². The maximum atomic E-state index is 12.2. The summed E-state index contributed by atoms with van der Waals surface area (Å²) in [4.78, 5) is 12.2. The van der Waals surface area contributed by atoms with Crippen LogP contribution in [0.25, 0.3) is 11.3 Å². The molecule has 118 valence electrons. The maximum absolute atomic E-state index is 12.2. The fourth-order valence-electron chi connectivity index (χ4n) is 2.29. The van der Waals surface area contributed by atoms with Crippen LogP contribution in [0.3, 0.4) is 0 Å². The van der Waals surface area contributed by atoms with Crippen LogP contribution in [0.5, 0.6) is 0 Å². The first kappa shape index (κ1) is 16.4. The summed E-state index contributed by atoms with van der Waals surface area (Å²) in [6, 6.07) is 10.6. The third-order valence-corrected chi connectivity index (χ3v) is 3.71. The highest BCUT2D eigenvalue weighted by Gasteiger charge is 2.09. The highest BCUT2D eigenvalue weighted by Crippen LogP contribution is 2.21. The molecule has 2 rings (SSSR count). The minimum absolute atomic E-state index is 0.0456. The van der Waals surface area contributed by atoms with E-state index in [4.69, 9.17) is 0 Å². The molecule has 0 aliphatic heterocycles. The van der Waals surface area contributed by atoms with Crippen molar-refractivity contribution in [2.45, 2.75) is 46.2 Å². The lowest BCUT2D eigenvalue weighted by atomic mass is 10.0. The van der Waals surface area contributed by atoms with E-state index < -0.39 is 0 Å². The predicted molar refractivity (Wildman–Crippen MR) is 91.0 cm³/mol. The molecule has 1 N–H and O–H groups in total. The number of benzene rings is 1. The van der Waals surface area contributed by atoms with Gasteiger partial charge < -0.3 is 5.32 Å². The monoisotopic (exact) mass is 299 g/mol. The minimum Gasteiger partial charge on any atom is -0.310 e. The zero-order valence-corrected chi connectivity index (χ0v) is 14.1. The van der Waals surface area contributed by atoms with E-state index >= 15 is 0 Å². The first-order chi connectivity index (χ1) is 10.4. The van der Waals surface area contributed by atoms with Crippen molar-refractivity contribution in [2.75, 3.05) is 0 Å². The van der Waals surface area contributed by atoms with Crippen LogP contribution in [0.1, 0.15) is 44.7 Å². The Morgan fingerprint density at radius 3 is 2.32 bits per heavy atom. The lowest BCUT2D eigenvalue weighted by molar-refractivity contribution is 0.577. The van der Waals surface area contributed by atoms with E-state index in [1.807, 2.05) is 6.07 Å². The summed E-state index contributed by atoms with van der Waals surface area (Å²) in [5.41, 5.74) is 3.86. The molecule has 1 heterocycles. The molecule has 0 radical (unpaired) electrons. The largest absolute Gasteiger partial charge is 0.310 e. The van der Waals surface area contributed by atoms with E-state index in [2.05, 4.69) is 62.4 Å². The molecule has 0 aliphatic carbocycles. The maximum Gasteiger partial charge on any atom is 0.271 e. The van der Waals surface area contributed by atoms with Crippen molar-refractivity contribution in [1.82, 2.24) is 15.1 Å². The van der Waals surface area contributed by atoms with Crippen molar-refractivity contribution in [1.29, 1.82) is 0 Å². The van der Waals surface area contributed by atoms with Gasteiger partial charge in [-0.05, 0) is 17.5 Å². The first-order valence-corrected chi connectivity index (χ1v) is 7.79. The fraction of sp³-hybridized carbons (Fsp3) is 0.444. The van der Waals surface area contributed by atoms with Crippen LogP contribution < -0.4 is 10.9 Å². The fourth-order valence-corrected chi connectivity index (χ4v) is 2.29. The molecule has 1 aromatic carbocycles. The molecule has 0 fully saturated rings. The van der Waals surface area contributed by atoms with E-state index in [9.17, 15) is 4.79 Å². The second kappa shape index (κ2) is 6.88. The summed E-state index contributed by atoms with van der Waals surface area (Å²) in [7, 11) is 1.70. The Balaban J connectivity index is 2.36. The van der Waals surface area contributed by atoms with Crippen LogP contribution in [0.2, 0.25) is 0 Å². The Labute approximate surface area is 132 Å². The van der Waals surface area contributed by atoms with Gasteiger partial charge in [-0.25, -0.2) is 4.68 Å². The Kier molecular flexibility index (Phi) is 5.14. The summed E-state index contributed by atoms with van der Waals surface area (Å²) >= 11 is 0. The van der Waals surface area contributed by atoms with E-state index in [1.165, 1.54) is 10.2 Å². The number of nitrogens with zero attached hydrogens (tertiary/aromatic N) is 2. The highest BCUT2D eigenvalue weighted by atomic mass is 16.1. The summed E-state index contributed by atoms with van der Waals surface area (Å²) in [5, 5.41) is 7.67. The van der Waals surface area contributed by atoms with Crippen molar-refractivity contribution < 1.29 is 0 Å². The number of aromatic nitrogens is 2. The van der Waals surface area contributed by atoms with Crippen molar-refractivity contribution in [3.8, 4) is 11.3 Å². The number of hydrogen-bond acceptors (Lipinski definition) is 3. The van der Waals surface area contributed by atoms with E-state index in [1.54, 1.807) is 7.05 Å². The average molecular weight is 299 g/mol. The molecule has 0 saturated carbocycles. The van der Waals surface area contributed by atoms with Gasteiger partial charge in [-0.2, -0.15) is 5.10 Å². The van der Waals surface area contributed by atoms with Crippen LogP contribution >= 0.6 is 0 Å². The third kappa shape index (κ3) is 3.83. The standard InChI is InChI=1S/C18H25N3O/c1-12(2)14-6-8-15(9-7-14)17-10-16(11-19-13(3)4)18(22)21(5)20-17/h6-10,12-13,19H,11H2,1-5H3. The van der Waals surface area contributed by atoms with Crippen molar-refractivity contribution in [3.05, 3.63) is 51.8 Å². The van der Waals surface area contributed by atoms with Crippen LogP contribution in [0.4, 0.5) is 0 Å². The minimum atomic E-state index is -0.0456. The van der Waals surface area contributed by atoms with Gasteiger partial charge in [0.1, 0.15) is 0 Å². The number of aryl methyl sites for hydroxylation is 1. The lowest BCUT2D eigenvalue weighted by Gasteiger charge is -2.11. The molecule has 0 amide bonds. The molecule has 4 heteroatoms.